The highest BCUT2D eigenvalue weighted by Crippen LogP contribution is 2.20. The van der Waals surface area contributed by atoms with E-state index in [1.165, 1.54) is 14.1 Å². The maximum Gasteiger partial charge on any atom is 0.301 e. The molecule has 0 saturated heterocycles. The number of anilines is 1. The minimum atomic E-state index is -3.41. The van der Waals surface area contributed by atoms with Gasteiger partial charge in [0.15, 0.2) is 0 Å². The number of hydrogen-bond acceptors (Lipinski definition) is 2. The zero-order chi connectivity index (χ0) is 11.6. The fraction of sp³-hybridized carbons (Fsp3) is 0.400. The van der Waals surface area contributed by atoms with Crippen LogP contribution in [0, 0.1) is 13.8 Å². The van der Waals surface area contributed by atoms with E-state index in [0.29, 0.717) is 5.69 Å². The molecule has 0 saturated carbocycles. The summed E-state index contributed by atoms with van der Waals surface area (Å²) in [5.74, 6) is 0. The molecule has 0 fully saturated rings. The van der Waals surface area contributed by atoms with Gasteiger partial charge in [-0.3, -0.25) is 4.72 Å². The lowest BCUT2D eigenvalue weighted by molar-refractivity contribution is 0.526. The molecule has 0 aliphatic rings. The van der Waals surface area contributed by atoms with Crippen LogP contribution in [-0.2, 0) is 10.2 Å². The zero-order valence-corrected chi connectivity index (χ0v) is 10.2. The van der Waals surface area contributed by atoms with Crippen molar-refractivity contribution in [2.24, 2.45) is 0 Å². The second-order valence-corrected chi connectivity index (χ2v) is 5.54. The fourth-order valence-electron chi connectivity index (χ4n) is 1.20. The molecule has 0 bridgehead atoms. The van der Waals surface area contributed by atoms with Crippen LogP contribution >= 0.6 is 0 Å². The average Bonchev–Trinajstić information content (AvgIpc) is 2.11. The van der Waals surface area contributed by atoms with Crippen LogP contribution in [0.3, 0.4) is 0 Å². The van der Waals surface area contributed by atoms with Crippen LogP contribution in [0.15, 0.2) is 18.2 Å². The van der Waals surface area contributed by atoms with Crippen LogP contribution in [0.1, 0.15) is 11.1 Å². The van der Waals surface area contributed by atoms with Crippen molar-refractivity contribution in [1.82, 2.24) is 4.31 Å². The third-order valence-corrected chi connectivity index (χ3v) is 3.62. The second kappa shape index (κ2) is 4.20. The van der Waals surface area contributed by atoms with Crippen molar-refractivity contribution in [2.45, 2.75) is 13.8 Å². The number of nitrogens with zero attached hydrogens (tertiary/aromatic N) is 1. The molecule has 15 heavy (non-hydrogen) atoms. The lowest BCUT2D eigenvalue weighted by Crippen LogP contribution is -2.29. The number of hydrogen-bond donors (Lipinski definition) is 1. The quantitative estimate of drug-likeness (QED) is 0.852. The van der Waals surface area contributed by atoms with Gasteiger partial charge in [0.05, 0.1) is 5.69 Å². The van der Waals surface area contributed by atoms with E-state index in [0.717, 1.165) is 15.4 Å². The van der Waals surface area contributed by atoms with Gasteiger partial charge in [-0.25, -0.2) is 0 Å². The third-order valence-electron chi connectivity index (χ3n) is 2.19. The lowest BCUT2D eigenvalue weighted by Gasteiger charge is -2.16. The Kier molecular flexibility index (Phi) is 3.36. The first-order chi connectivity index (χ1) is 6.84. The van der Waals surface area contributed by atoms with Crippen LogP contribution in [0.2, 0.25) is 0 Å². The highest BCUT2D eigenvalue weighted by molar-refractivity contribution is 7.90. The van der Waals surface area contributed by atoms with E-state index in [2.05, 4.69) is 4.72 Å². The van der Waals surface area contributed by atoms with Crippen LogP contribution in [0.4, 0.5) is 5.69 Å². The van der Waals surface area contributed by atoms with E-state index in [4.69, 9.17) is 0 Å². The van der Waals surface area contributed by atoms with E-state index >= 15 is 0 Å². The molecule has 0 aromatic heterocycles. The molecular weight excluding hydrogens is 212 g/mol. The number of para-hydroxylation sites is 1. The van der Waals surface area contributed by atoms with E-state index in [1.807, 2.05) is 32.0 Å². The first-order valence-electron chi connectivity index (χ1n) is 4.61. The van der Waals surface area contributed by atoms with Crippen LogP contribution in [0.5, 0.6) is 0 Å². The maximum atomic E-state index is 11.6. The molecule has 0 spiro atoms. The molecule has 4 nitrogen and oxygen atoms in total. The molecule has 0 aliphatic heterocycles. The molecule has 1 rings (SSSR count). The third kappa shape index (κ3) is 2.70. The Morgan fingerprint density at radius 2 is 1.60 bits per heavy atom. The number of benzene rings is 1. The molecular formula is C10H16N2O2S. The number of rotatable bonds is 3. The van der Waals surface area contributed by atoms with Crippen molar-refractivity contribution < 1.29 is 8.42 Å². The summed E-state index contributed by atoms with van der Waals surface area (Å²) < 4.78 is 26.9. The van der Waals surface area contributed by atoms with Gasteiger partial charge in [0, 0.05) is 14.1 Å². The standard InChI is InChI=1S/C10H16N2O2S/c1-8-6-5-7-9(2)10(8)11-15(13,14)12(3)4/h5-7,11H,1-4H3. The molecule has 0 atom stereocenters. The van der Waals surface area contributed by atoms with Gasteiger partial charge >= 0.3 is 10.2 Å². The Balaban J connectivity index is 3.11. The van der Waals surface area contributed by atoms with Gasteiger partial charge in [0.1, 0.15) is 0 Å². The predicted octanol–water partition coefficient (Wildman–Crippen LogP) is 1.52. The Hall–Kier alpha value is -1.07. The largest absolute Gasteiger partial charge is 0.301 e. The van der Waals surface area contributed by atoms with Gasteiger partial charge in [-0.15, -0.1) is 0 Å². The average molecular weight is 228 g/mol. The highest BCUT2D eigenvalue weighted by Gasteiger charge is 2.15. The molecule has 0 radical (unpaired) electrons. The van der Waals surface area contributed by atoms with Crippen LogP contribution in [0.25, 0.3) is 0 Å². The fourth-order valence-corrected chi connectivity index (χ4v) is 1.96. The summed E-state index contributed by atoms with van der Waals surface area (Å²) in [5.41, 5.74) is 2.49. The summed E-state index contributed by atoms with van der Waals surface area (Å²) in [6, 6.07) is 5.65. The first kappa shape index (κ1) is 12.0. The Labute approximate surface area is 91.1 Å². The highest BCUT2D eigenvalue weighted by atomic mass is 32.2. The molecule has 1 aromatic carbocycles. The van der Waals surface area contributed by atoms with Gasteiger partial charge in [-0.2, -0.15) is 12.7 Å². The maximum absolute atomic E-state index is 11.6. The summed E-state index contributed by atoms with van der Waals surface area (Å²) in [7, 11) is -0.421. The van der Waals surface area contributed by atoms with Crippen LogP contribution < -0.4 is 4.72 Å². The van der Waals surface area contributed by atoms with Gasteiger partial charge in [0.25, 0.3) is 0 Å². The molecule has 0 unspecified atom stereocenters. The van der Waals surface area contributed by atoms with Gasteiger partial charge < -0.3 is 0 Å². The van der Waals surface area contributed by atoms with Crippen molar-refractivity contribution in [3.63, 3.8) is 0 Å². The Bertz CT molecular complexity index is 432. The first-order valence-corrected chi connectivity index (χ1v) is 6.05. The van der Waals surface area contributed by atoms with E-state index in [1.54, 1.807) is 0 Å². The number of aryl methyl sites for hydroxylation is 2. The minimum absolute atomic E-state index is 0.659. The van der Waals surface area contributed by atoms with Crippen molar-refractivity contribution in [3.05, 3.63) is 29.3 Å². The molecule has 0 aliphatic carbocycles. The molecule has 1 aromatic rings. The summed E-state index contributed by atoms with van der Waals surface area (Å²) in [4.78, 5) is 0. The van der Waals surface area contributed by atoms with Gasteiger partial charge in [0.2, 0.25) is 0 Å². The topological polar surface area (TPSA) is 49.4 Å². The zero-order valence-electron chi connectivity index (χ0n) is 9.40. The van der Waals surface area contributed by atoms with Crippen molar-refractivity contribution in [1.29, 1.82) is 0 Å². The molecule has 84 valence electrons. The second-order valence-electron chi connectivity index (χ2n) is 3.66. The minimum Gasteiger partial charge on any atom is -0.270 e. The van der Waals surface area contributed by atoms with E-state index in [9.17, 15) is 8.42 Å². The normalized spacial score (nSPS) is 11.8. The van der Waals surface area contributed by atoms with Gasteiger partial charge in [-0.05, 0) is 25.0 Å². The summed E-state index contributed by atoms with van der Waals surface area (Å²) in [6.45, 7) is 3.75. The smallest absolute Gasteiger partial charge is 0.270 e. The molecule has 5 heteroatoms. The predicted molar refractivity (Wildman–Crippen MR) is 62.1 cm³/mol. The van der Waals surface area contributed by atoms with Crippen molar-refractivity contribution in [3.8, 4) is 0 Å². The van der Waals surface area contributed by atoms with E-state index < -0.39 is 10.2 Å². The summed E-state index contributed by atoms with van der Waals surface area (Å²) in [6.07, 6.45) is 0. The molecule has 0 amide bonds. The Morgan fingerprint density at radius 1 is 1.13 bits per heavy atom. The molecule has 1 N–H and O–H groups in total. The van der Waals surface area contributed by atoms with Crippen molar-refractivity contribution in [2.75, 3.05) is 18.8 Å². The SMILES string of the molecule is Cc1cccc(C)c1NS(=O)(=O)N(C)C. The monoisotopic (exact) mass is 228 g/mol. The molecule has 0 heterocycles. The van der Waals surface area contributed by atoms with E-state index in [-0.39, 0.29) is 0 Å². The number of nitrogens with one attached hydrogen (secondary N) is 1. The lowest BCUT2D eigenvalue weighted by atomic mass is 10.1. The van der Waals surface area contributed by atoms with Gasteiger partial charge in [-0.1, -0.05) is 18.2 Å². The Morgan fingerprint density at radius 3 is 2.00 bits per heavy atom. The van der Waals surface area contributed by atoms with Crippen molar-refractivity contribution >= 4 is 15.9 Å². The summed E-state index contributed by atoms with van der Waals surface area (Å²) >= 11 is 0. The van der Waals surface area contributed by atoms with Crippen LogP contribution in [-0.4, -0.2) is 26.8 Å². The summed E-state index contributed by atoms with van der Waals surface area (Å²) in [5, 5.41) is 0.